The number of carbonyl (C=O) groups is 1. The van der Waals surface area contributed by atoms with E-state index < -0.39 is 10.0 Å². The van der Waals surface area contributed by atoms with Crippen molar-refractivity contribution in [2.24, 2.45) is 0 Å². The molecule has 1 amide bonds. The average molecular weight is 441 g/mol. The zero-order chi connectivity index (χ0) is 21.2. The average Bonchev–Trinajstić information content (AvgIpc) is 3.07. The molecular formula is C20H25ClN2O5S. The monoisotopic (exact) mass is 440 g/mol. The zero-order valence-corrected chi connectivity index (χ0v) is 18.3. The summed E-state index contributed by atoms with van der Waals surface area (Å²) in [6.45, 7) is 3.07. The highest BCUT2D eigenvalue weighted by atomic mass is 35.5. The number of aryl methyl sites for hydroxylation is 1. The largest absolute Gasteiger partial charge is 0.489 e. The van der Waals surface area contributed by atoms with Crippen LogP contribution in [-0.2, 0) is 16.6 Å². The summed E-state index contributed by atoms with van der Waals surface area (Å²) in [6.07, 6.45) is 2.28. The van der Waals surface area contributed by atoms with Gasteiger partial charge in [-0.15, -0.1) is 0 Å². The van der Waals surface area contributed by atoms with Crippen LogP contribution in [0, 0.1) is 6.92 Å². The lowest BCUT2D eigenvalue weighted by molar-refractivity contribution is 0.0775. The number of halogens is 1. The molecule has 0 bridgehead atoms. The van der Waals surface area contributed by atoms with Gasteiger partial charge in [-0.25, -0.2) is 12.7 Å². The van der Waals surface area contributed by atoms with Crippen molar-refractivity contribution in [1.82, 2.24) is 9.21 Å². The van der Waals surface area contributed by atoms with Crippen LogP contribution in [-0.4, -0.2) is 56.0 Å². The number of amides is 1. The Labute approximate surface area is 176 Å². The maximum Gasteiger partial charge on any atom is 0.254 e. The van der Waals surface area contributed by atoms with Crippen LogP contribution >= 0.6 is 11.6 Å². The number of nitrogens with zero attached hydrogens (tertiary/aromatic N) is 2. The number of furan rings is 1. The molecule has 1 saturated heterocycles. The summed E-state index contributed by atoms with van der Waals surface area (Å²) in [7, 11) is -1.47. The second-order valence-corrected chi connectivity index (χ2v) is 9.69. The molecule has 2 heterocycles. The molecule has 3 rings (SSSR count). The van der Waals surface area contributed by atoms with E-state index in [-0.39, 0.29) is 12.0 Å². The van der Waals surface area contributed by atoms with E-state index >= 15 is 0 Å². The fraction of sp³-hybridized carbons (Fsp3) is 0.450. The van der Waals surface area contributed by atoms with E-state index in [2.05, 4.69) is 0 Å². The van der Waals surface area contributed by atoms with Crippen LogP contribution in [0.15, 0.2) is 34.7 Å². The standard InChI is InChI=1S/C20H25ClN2O5S/c1-14-4-6-17(27-14)13-22(2)20(24)15-5-7-19(18(21)12-15)28-16-8-10-23(11-9-16)29(3,25)26/h4-7,12,16H,8-11,13H2,1-3H3. The lowest BCUT2D eigenvalue weighted by atomic mass is 10.1. The van der Waals surface area contributed by atoms with Gasteiger partial charge in [0.15, 0.2) is 0 Å². The van der Waals surface area contributed by atoms with Gasteiger partial charge in [-0.2, -0.15) is 0 Å². The molecule has 7 nitrogen and oxygen atoms in total. The Morgan fingerprint density at radius 3 is 2.52 bits per heavy atom. The fourth-order valence-corrected chi connectivity index (χ4v) is 4.39. The summed E-state index contributed by atoms with van der Waals surface area (Å²) in [5.41, 5.74) is 0.458. The third-order valence-electron chi connectivity index (χ3n) is 4.88. The van der Waals surface area contributed by atoms with Crippen molar-refractivity contribution < 1.29 is 22.4 Å². The van der Waals surface area contributed by atoms with E-state index in [0.29, 0.717) is 54.6 Å². The molecule has 1 aliphatic rings. The quantitative estimate of drug-likeness (QED) is 0.688. The Hall–Kier alpha value is -2.03. The Bertz CT molecular complexity index is 981. The first kappa shape index (κ1) is 21.7. The van der Waals surface area contributed by atoms with Gasteiger partial charge in [-0.05, 0) is 50.1 Å². The summed E-state index contributed by atoms with van der Waals surface area (Å²) in [6, 6.07) is 8.66. The molecule has 1 aromatic heterocycles. The minimum atomic E-state index is -3.17. The normalized spacial score (nSPS) is 16.0. The lowest BCUT2D eigenvalue weighted by Gasteiger charge is -2.30. The van der Waals surface area contributed by atoms with Crippen LogP contribution in [0.25, 0.3) is 0 Å². The van der Waals surface area contributed by atoms with E-state index in [4.69, 9.17) is 20.8 Å². The van der Waals surface area contributed by atoms with Gasteiger partial charge in [0.25, 0.3) is 5.91 Å². The molecular weight excluding hydrogens is 416 g/mol. The molecule has 1 aromatic carbocycles. The molecule has 0 unspecified atom stereocenters. The highest BCUT2D eigenvalue weighted by Crippen LogP contribution is 2.29. The Kier molecular flexibility index (Phi) is 6.55. The first-order valence-electron chi connectivity index (χ1n) is 9.35. The predicted molar refractivity (Wildman–Crippen MR) is 111 cm³/mol. The van der Waals surface area contributed by atoms with Crippen LogP contribution in [0.1, 0.15) is 34.7 Å². The van der Waals surface area contributed by atoms with Crippen LogP contribution in [0.2, 0.25) is 5.02 Å². The van der Waals surface area contributed by atoms with E-state index in [0.717, 1.165) is 5.76 Å². The van der Waals surface area contributed by atoms with Crippen LogP contribution in [0.5, 0.6) is 5.75 Å². The summed E-state index contributed by atoms with van der Waals surface area (Å²) in [4.78, 5) is 14.2. The van der Waals surface area contributed by atoms with Crippen molar-refractivity contribution in [3.63, 3.8) is 0 Å². The first-order valence-corrected chi connectivity index (χ1v) is 11.6. The van der Waals surface area contributed by atoms with Crippen LogP contribution in [0.4, 0.5) is 0 Å². The number of ether oxygens (including phenoxy) is 1. The van der Waals surface area contributed by atoms with Crippen LogP contribution in [0.3, 0.4) is 0 Å². The Morgan fingerprint density at radius 1 is 1.28 bits per heavy atom. The molecule has 29 heavy (non-hydrogen) atoms. The maximum absolute atomic E-state index is 12.7. The van der Waals surface area contributed by atoms with Gasteiger partial charge in [-0.1, -0.05) is 11.6 Å². The fourth-order valence-electron chi connectivity index (χ4n) is 3.29. The lowest BCUT2D eigenvalue weighted by Crippen LogP contribution is -2.41. The highest BCUT2D eigenvalue weighted by molar-refractivity contribution is 7.88. The SMILES string of the molecule is Cc1ccc(CN(C)C(=O)c2ccc(OC3CCN(S(C)(=O)=O)CC3)c(Cl)c2)o1. The number of rotatable bonds is 6. The third kappa shape index (κ3) is 5.52. The van der Waals surface area contributed by atoms with Gasteiger partial charge < -0.3 is 14.1 Å². The topological polar surface area (TPSA) is 80.1 Å². The van der Waals surface area contributed by atoms with Crippen molar-refractivity contribution in [1.29, 1.82) is 0 Å². The molecule has 0 N–H and O–H groups in total. The van der Waals surface area contributed by atoms with E-state index in [9.17, 15) is 13.2 Å². The number of hydrogen-bond acceptors (Lipinski definition) is 5. The number of sulfonamides is 1. The van der Waals surface area contributed by atoms with E-state index in [1.54, 1.807) is 30.1 Å². The summed E-state index contributed by atoms with van der Waals surface area (Å²) in [5.74, 6) is 1.83. The van der Waals surface area contributed by atoms with Gasteiger partial charge in [0, 0.05) is 25.7 Å². The number of piperidine rings is 1. The second-order valence-electron chi connectivity index (χ2n) is 7.30. The van der Waals surface area contributed by atoms with Crippen molar-refractivity contribution >= 4 is 27.5 Å². The highest BCUT2D eigenvalue weighted by Gasteiger charge is 2.26. The summed E-state index contributed by atoms with van der Waals surface area (Å²) in [5, 5.41) is 0.351. The molecule has 9 heteroatoms. The molecule has 2 aromatic rings. The second kappa shape index (κ2) is 8.77. The van der Waals surface area contributed by atoms with Crippen LogP contribution < -0.4 is 4.74 Å². The van der Waals surface area contributed by atoms with Gasteiger partial charge in [0.2, 0.25) is 10.0 Å². The zero-order valence-electron chi connectivity index (χ0n) is 16.7. The van der Waals surface area contributed by atoms with Crippen molar-refractivity contribution in [3.05, 3.63) is 52.4 Å². The molecule has 1 fully saturated rings. The molecule has 0 spiro atoms. The third-order valence-corrected chi connectivity index (χ3v) is 6.48. The maximum atomic E-state index is 12.7. The van der Waals surface area contributed by atoms with E-state index in [1.807, 2.05) is 19.1 Å². The predicted octanol–water partition coefficient (Wildman–Crippen LogP) is 3.32. The smallest absolute Gasteiger partial charge is 0.254 e. The molecule has 1 aliphatic heterocycles. The molecule has 0 radical (unpaired) electrons. The Morgan fingerprint density at radius 2 is 1.97 bits per heavy atom. The Balaban J connectivity index is 1.60. The summed E-state index contributed by atoms with van der Waals surface area (Å²) < 4.78 is 36.1. The minimum absolute atomic E-state index is 0.114. The first-order chi connectivity index (χ1) is 13.6. The van der Waals surface area contributed by atoms with Gasteiger partial charge in [0.1, 0.15) is 23.4 Å². The minimum Gasteiger partial charge on any atom is -0.489 e. The summed E-state index contributed by atoms with van der Waals surface area (Å²) >= 11 is 6.34. The van der Waals surface area contributed by atoms with Crippen molar-refractivity contribution in [3.8, 4) is 5.75 Å². The van der Waals surface area contributed by atoms with Crippen molar-refractivity contribution in [2.45, 2.75) is 32.4 Å². The van der Waals surface area contributed by atoms with Crippen molar-refractivity contribution in [2.75, 3.05) is 26.4 Å². The molecule has 0 atom stereocenters. The number of benzene rings is 1. The molecule has 0 aliphatic carbocycles. The van der Waals surface area contributed by atoms with E-state index in [1.165, 1.54) is 10.6 Å². The molecule has 158 valence electrons. The molecule has 0 saturated carbocycles. The van der Waals surface area contributed by atoms with Gasteiger partial charge >= 0.3 is 0 Å². The number of carbonyl (C=O) groups excluding carboxylic acids is 1. The number of hydrogen-bond donors (Lipinski definition) is 0. The van der Waals surface area contributed by atoms with Gasteiger partial charge in [0.05, 0.1) is 17.8 Å². The van der Waals surface area contributed by atoms with Gasteiger partial charge in [-0.3, -0.25) is 4.79 Å².